The van der Waals surface area contributed by atoms with E-state index >= 15 is 0 Å². The van der Waals surface area contributed by atoms with E-state index in [-0.39, 0.29) is 29.6 Å². The van der Waals surface area contributed by atoms with E-state index in [0.29, 0.717) is 32.2 Å². The van der Waals surface area contributed by atoms with Gasteiger partial charge in [0.05, 0.1) is 49.3 Å². The van der Waals surface area contributed by atoms with Gasteiger partial charge in [-0.15, -0.1) is 0 Å². The molecule has 0 aromatic rings. The minimum Gasteiger partial charge on any atom is -0.394 e. The van der Waals surface area contributed by atoms with Gasteiger partial charge in [-0.2, -0.15) is 0 Å². The zero-order valence-corrected chi connectivity index (χ0v) is 32.7. The van der Waals surface area contributed by atoms with Gasteiger partial charge in [0.15, 0.2) is 24.8 Å². The molecule has 0 amide bonds. The fourth-order valence-electron chi connectivity index (χ4n) is 7.52. The van der Waals surface area contributed by atoms with E-state index in [9.17, 15) is 40.5 Å². The van der Waals surface area contributed by atoms with Crippen LogP contribution in [0.25, 0.3) is 0 Å². The maximum Gasteiger partial charge on any atom is 0.187 e. The third kappa shape index (κ3) is 11.5. The van der Waals surface area contributed by atoms with E-state index in [1.807, 2.05) is 27.7 Å². The van der Waals surface area contributed by atoms with Crippen LogP contribution in [0.3, 0.4) is 0 Å². The second-order valence-corrected chi connectivity index (χ2v) is 15.4. The van der Waals surface area contributed by atoms with Crippen LogP contribution in [0.1, 0.15) is 80.6 Å². The number of aliphatic hydroxyl groups is 7. The van der Waals surface area contributed by atoms with Crippen molar-refractivity contribution < 1.29 is 69.0 Å². The van der Waals surface area contributed by atoms with Crippen molar-refractivity contribution in [1.29, 1.82) is 0 Å². The number of rotatable bonds is 14. The van der Waals surface area contributed by atoms with E-state index in [0.717, 1.165) is 6.42 Å². The predicted molar refractivity (Wildman–Crippen MR) is 194 cm³/mol. The summed E-state index contributed by atoms with van der Waals surface area (Å²) in [5, 5.41) is 74.4. The highest BCUT2D eigenvalue weighted by Crippen LogP contribution is 2.40. The molecule has 0 aromatic carbocycles. The van der Waals surface area contributed by atoms with Crippen LogP contribution in [-0.4, -0.2) is 159 Å². The number of ether oxygens (including phenoxy) is 6. The first-order valence-electron chi connectivity index (χ1n) is 19.3. The van der Waals surface area contributed by atoms with E-state index in [1.165, 1.54) is 6.92 Å². The van der Waals surface area contributed by atoms with Gasteiger partial charge in [0.1, 0.15) is 42.4 Å². The largest absolute Gasteiger partial charge is 0.394 e. The molecule has 0 bridgehead atoms. The van der Waals surface area contributed by atoms with E-state index < -0.39 is 111 Å². The van der Waals surface area contributed by atoms with Crippen LogP contribution in [0.15, 0.2) is 4.99 Å². The van der Waals surface area contributed by atoms with Crippen LogP contribution in [0.4, 0.5) is 0 Å². The van der Waals surface area contributed by atoms with Crippen LogP contribution in [0.5, 0.6) is 0 Å². The SMILES string of the molecule is CC(=O)[C@@H](N)CCCN=C(N)N.CC[C@@H]1OC(O[C@@H]2C(O)[C@H](O[C@@H]3[C@H](O)[C@H](C)C[C@H](C)[C@@H]3O[C@@H]3O[C@H](CC)C(O)[C@H](O)C3C)O[C@@H]2CO)C(C)[C@H](O)[C@@H]1O. The van der Waals surface area contributed by atoms with Gasteiger partial charge >= 0.3 is 0 Å². The fourth-order valence-corrected chi connectivity index (χ4v) is 7.52. The number of ketones is 1. The number of Topliss-reactive ketones (excluding diaryl/α,β-unsaturated/α-hetero) is 1. The van der Waals surface area contributed by atoms with Gasteiger partial charge in [-0.05, 0) is 50.9 Å². The van der Waals surface area contributed by atoms with Crippen molar-refractivity contribution in [2.45, 2.75) is 179 Å². The molecular formula is C36H68N4O14. The van der Waals surface area contributed by atoms with Crippen LogP contribution in [-0.2, 0) is 33.2 Å². The Kier molecular flexibility index (Phi) is 18.4. The lowest BCUT2D eigenvalue weighted by Gasteiger charge is -2.47. The monoisotopic (exact) mass is 780 g/mol. The van der Waals surface area contributed by atoms with Gasteiger partial charge in [-0.1, -0.05) is 41.5 Å². The summed E-state index contributed by atoms with van der Waals surface area (Å²) in [6, 6.07) is -0.376. The maximum absolute atomic E-state index is 11.3. The molecule has 1 saturated carbocycles. The minimum atomic E-state index is -1.39. The van der Waals surface area contributed by atoms with Crippen molar-refractivity contribution in [3.8, 4) is 0 Å². The number of hydrogen-bond acceptors (Lipinski definition) is 16. The molecule has 4 aliphatic rings. The average Bonchev–Trinajstić information content (AvgIpc) is 3.43. The molecule has 3 heterocycles. The topological polar surface area (TPSA) is 304 Å². The maximum atomic E-state index is 11.3. The van der Waals surface area contributed by atoms with Crippen molar-refractivity contribution in [3.63, 3.8) is 0 Å². The van der Waals surface area contributed by atoms with E-state index in [2.05, 4.69) is 4.99 Å². The number of aliphatic hydroxyl groups excluding tert-OH is 7. The van der Waals surface area contributed by atoms with Crippen molar-refractivity contribution in [3.05, 3.63) is 0 Å². The summed E-state index contributed by atoms with van der Waals surface area (Å²) in [4.78, 5) is 14.4. The summed E-state index contributed by atoms with van der Waals surface area (Å²) in [5.74, 6) is -1.39. The molecule has 3 saturated heterocycles. The number of guanidine groups is 1. The number of hydrogen-bond donors (Lipinski definition) is 10. The molecule has 18 nitrogen and oxygen atoms in total. The Balaban J connectivity index is 0.000000562. The lowest BCUT2D eigenvalue weighted by Crippen LogP contribution is -2.59. The average molecular weight is 781 g/mol. The van der Waals surface area contributed by atoms with Gasteiger partial charge in [-0.3, -0.25) is 9.79 Å². The lowest BCUT2D eigenvalue weighted by molar-refractivity contribution is -0.325. The zero-order valence-electron chi connectivity index (χ0n) is 32.7. The molecule has 54 heavy (non-hydrogen) atoms. The molecule has 18 heteroatoms. The molecule has 4 fully saturated rings. The molecule has 316 valence electrons. The highest BCUT2D eigenvalue weighted by atomic mass is 16.8. The minimum absolute atomic E-state index is 0.000278. The van der Waals surface area contributed by atoms with Gasteiger partial charge in [0, 0.05) is 18.4 Å². The summed E-state index contributed by atoms with van der Waals surface area (Å²) in [7, 11) is 0. The normalized spacial score (nSPS) is 44.5. The molecule has 0 spiro atoms. The Hall–Kier alpha value is -1.62. The summed E-state index contributed by atoms with van der Waals surface area (Å²) in [6.07, 6.45) is -12.0. The van der Waals surface area contributed by atoms with E-state index in [4.69, 9.17) is 45.6 Å². The highest BCUT2D eigenvalue weighted by molar-refractivity contribution is 5.81. The first kappa shape index (κ1) is 46.8. The van der Waals surface area contributed by atoms with Crippen LogP contribution < -0.4 is 17.2 Å². The summed E-state index contributed by atoms with van der Waals surface area (Å²) < 4.78 is 36.4. The Labute approximate surface area is 318 Å². The molecular weight excluding hydrogens is 712 g/mol. The fraction of sp³-hybridized carbons (Fsp3) is 0.944. The third-order valence-electron chi connectivity index (χ3n) is 11.2. The van der Waals surface area contributed by atoms with Crippen LogP contribution >= 0.6 is 0 Å². The first-order valence-corrected chi connectivity index (χ1v) is 19.3. The van der Waals surface area contributed by atoms with Gasteiger partial charge in [0.2, 0.25) is 0 Å². The van der Waals surface area contributed by atoms with Gasteiger partial charge < -0.3 is 81.4 Å². The molecule has 5 unspecified atom stereocenters. The third-order valence-corrected chi connectivity index (χ3v) is 11.2. The molecule has 13 N–H and O–H groups in total. The first-order chi connectivity index (χ1) is 25.4. The smallest absolute Gasteiger partial charge is 0.187 e. The standard InChI is InChI=1S/C29H52O13.C7H16N4O/c1-7-15-21(34)19(32)13(5)27(37-15)40-24-12(4)9-11(3)18(31)26(24)42-29-23(36)25(17(10-30)39-29)41-28-14(6)20(33)22(35)16(8-2)38-28;1-5(12)6(8)3-2-4-11-7(9)10/h11-36H,7-10H2,1-6H3;6H,2-4,8H2,1H3,(H4,9,10,11)/t11-,12+,13?,14?,15-,16+,17-,18-,19-,20+,21?,22-,23?,24+,25+,26-,27+,28?,29+;6-/m10/s1. The van der Waals surface area contributed by atoms with Gasteiger partial charge in [-0.25, -0.2) is 0 Å². The number of nitrogens with two attached hydrogens (primary N) is 3. The number of aliphatic imine (C=N–C) groups is 1. The predicted octanol–water partition coefficient (Wildman–Crippen LogP) is -1.80. The zero-order chi connectivity index (χ0) is 40.6. The Bertz CT molecular complexity index is 1170. The highest BCUT2D eigenvalue weighted by Gasteiger charge is 2.53. The quantitative estimate of drug-likeness (QED) is 0.0528. The van der Waals surface area contributed by atoms with Crippen molar-refractivity contribution in [2.24, 2.45) is 45.9 Å². The van der Waals surface area contributed by atoms with Crippen LogP contribution in [0.2, 0.25) is 0 Å². The second-order valence-electron chi connectivity index (χ2n) is 15.4. The Morgan fingerprint density at radius 1 is 0.704 bits per heavy atom. The van der Waals surface area contributed by atoms with Crippen molar-refractivity contribution in [1.82, 2.24) is 0 Å². The van der Waals surface area contributed by atoms with Gasteiger partial charge in [0.25, 0.3) is 0 Å². The molecule has 3 aliphatic heterocycles. The van der Waals surface area contributed by atoms with Crippen molar-refractivity contribution >= 4 is 11.7 Å². The Morgan fingerprint density at radius 2 is 1.19 bits per heavy atom. The van der Waals surface area contributed by atoms with Crippen LogP contribution in [0, 0.1) is 23.7 Å². The van der Waals surface area contributed by atoms with Crippen molar-refractivity contribution in [2.75, 3.05) is 13.2 Å². The molecule has 0 radical (unpaired) electrons. The summed E-state index contributed by atoms with van der Waals surface area (Å²) in [6.45, 7) is 12.4. The lowest BCUT2D eigenvalue weighted by atomic mass is 9.77. The van der Waals surface area contributed by atoms with E-state index in [1.54, 1.807) is 13.8 Å². The second kappa shape index (κ2) is 21.2. The Morgan fingerprint density at radius 3 is 1.65 bits per heavy atom. The molecule has 4 rings (SSSR count). The summed E-state index contributed by atoms with van der Waals surface area (Å²) in [5.41, 5.74) is 15.7. The number of carbonyl (C=O) groups excluding carboxylic acids is 1. The molecule has 20 atom stereocenters. The summed E-state index contributed by atoms with van der Waals surface area (Å²) >= 11 is 0. The molecule has 1 aliphatic carbocycles. The number of carbonyl (C=O) groups is 1. The molecule has 0 aromatic heterocycles. The number of nitrogens with zero attached hydrogens (tertiary/aromatic N) is 1.